The highest BCUT2D eigenvalue weighted by atomic mass is 79.9. The van der Waals surface area contributed by atoms with Crippen molar-refractivity contribution >= 4 is 50.1 Å². The molecule has 0 saturated carbocycles. The lowest BCUT2D eigenvalue weighted by molar-refractivity contribution is 0.491. The Hall–Kier alpha value is -1.000. The third kappa shape index (κ3) is 2.97. The highest BCUT2D eigenvalue weighted by molar-refractivity contribution is 9.10. The average Bonchev–Trinajstić information content (AvgIpc) is 2.86. The van der Waals surface area contributed by atoms with Gasteiger partial charge in [0, 0.05) is 19.9 Å². The number of fused-ring (bicyclic) bond motifs is 1. The zero-order valence-corrected chi connectivity index (χ0v) is 14.3. The molecule has 21 heavy (non-hydrogen) atoms. The Kier molecular flexibility index (Phi) is 4.27. The summed E-state index contributed by atoms with van der Waals surface area (Å²) in [5, 5.41) is 5.63. The van der Waals surface area contributed by atoms with Gasteiger partial charge in [-0.2, -0.15) is 0 Å². The molecule has 0 saturated heterocycles. The van der Waals surface area contributed by atoms with Gasteiger partial charge in [0.15, 0.2) is 0 Å². The van der Waals surface area contributed by atoms with Crippen LogP contribution < -0.4 is 5.32 Å². The third-order valence-electron chi connectivity index (χ3n) is 3.34. The summed E-state index contributed by atoms with van der Waals surface area (Å²) in [7, 11) is 1.89. The molecule has 3 rings (SSSR count). The molecule has 1 atom stereocenters. The number of hydrogen-bond donors (Lipinski definition) is 1. The molecule has 2 aromatic carbocycles. The molecule has 0 aliphatic carbocycles. The van der Waals surface area contributed by atoms with Gasteiger partial charge in [-0.3, -0.25) is 0 Å². The van der Waals surface area contributed by atoms with Crippen LogP contribution in [0, 0.1) is 0 Å². The fourth-order valence-corrected chi connectivity index (χ4v) is 3.20. The summed E-state index contributed by atoms with van der Waals surface area (Å²) < 4.78 is 6.92. The largest absolute Gasteiger partial charge is 0.459 e. The molecular weight excluding hydrogens is 373 g/mol. The maximum atomic E-state index is 6.11. The van der Waals surface area contributed by atoms with Gasteiger partial charge in [-0.15, -0.1) is 0 Å². The number of furan rings is 1. The summed E-state index contributed by atoms with van der Waals surface area (Å²) >= 11 is 15.7. The fraction of sp³-hybridized carbons (Fsp3) is 0.125. The molecule has 0 amide bonds. The van der Waals surface area contributed by atoms with Gasteiger partial charge < -0.3 is 9.73 Å². The van der Waals surface area contributed by atoms with Crippen molar-refractivity contribution in [3.05, 3.63) is 68.3 Å². The first-order valence-corrected chi connectivity index (χ1v) is 7.94. The number of benzene rings is 2. The van der Waals surface area contributed by atoms with Gasteiger partial charge in [0.2, 0.25) is 0 Å². The standard InChI is InChI=1S/C16H12BrCl2NO/c1-20-16(12-8-11(19)2-4-13(12)17)15-7-9-6-10(18)3-5-14(9)21-15/h2-8,16,20H,1H3. The van der Waals surface area contributed by atoms with Crippen molar-refractivity contribution in [3.63, 3.8) is 0 Å². The molecule has 108 valence electrons. The third-order valence-corrected chi connectivity index (χ3v) is 4.53. The number of halogens is 3. The normalized spacial score (nSPS) is 12.8. The Balaban J connectivity index is 2.11. The molecule has 1 heterocycles. The van der Waals surface area contributed by atoms with Crippen LogP contribution >= 0.6 is 39.1 Å². The molecule has 1 N–H and O–H groups in total. The van der Waals surface area contributed by atoms with Crippen molar-refractivity contribution in [1.82, 2.24) is 5.32 Å². The van der Waals surface area contributed by atoms with E-state index in [1.165, 1.54) is 0 Å². The van der Waals surface area contributed by atoms with E-state index < -0.39 is 0 Å². The Morgan fingerprint density at radius 3 is 2.52 bits per heavy atom. The van der Waals surface area contributed by atoms with Crippen LogP contribution in [0.25, 0.3) is 11.0 Å². The van der Waals surface area contributed by atoms with Crippen molar-refractivity contribution in [3.8, 4) is 0 Å². The molecule has 1 unspecified atom stereocenters. The van der Waals surface area contributed by atoms with Crippen molar-refractivity contribution in [2.75, 3.05) is 7.05 Å². The van der Waals surface area contributed by atoms with Crippen molar-refractivity contribution < 1.29 is 4.42 Å². The second kappa shape index (κ2) is 6.01. The highest BCUT2D eigenvalue weighted by Crippen LogP contribution is 2.34. The Morgan fingerprint density at radius 2 is 1.76 bits per heavy atom. The lowest BCUT2D eigenvalue weighted by atomic mass is 10.0. The summed E-state index contributed by atoms with van der Waals surface area (Å²) in [4.78, 5) is 0. The first-order chi connectivity index (χ1) is 10.1. The summed E-state index contributed by atoms with van der Waals surface area (Å²) in [6.07, 6.45) is 0. The van der Waals surface area contributed by atoms with Gasteiger partial charge in [0.25, 0.3) is 0 Å². The van der Waals surface area contributed by atoms with Gasteiger partial charge in [-0.1, -0.05) is 39.1 Å². The summed E-state index contributed by atoms with van der Waals surface area (Å²) in [5.74, 6) is 0.817. The maximum Gasteiger partial charge on any atom is 0.134 e. The molecule has 0 bridgehead atoms. The monoisotopic (exact) mass is 383 g/mol. The lowest BCUT2D eigenvalue weighted by Crippen LogP contribution is -2.17. The molecule has 0 radical (unpaired) electrons. The summed E-state index contributed by atoms with van der Waals surface area (Å²) in [6.45, 7) is 0. The van der Waals surface area contributed by atoms with E-state index in [0.29, 0.717) is 10.0 Å². The molecule has 0 fully saturated rings. The number of nitrogens with one attached hydrogen (secondary N) is 1. The predicted octanol–water partition coefficient (Wildman–Crippen LogP) is 5.81. The highest BCUT2D eigenvalue weighted by Gasteiger charge is 2.19. The topological polar surface area (TPSA) is 25.2 Å². The van der Waals surface area contributed by atoms with Crippen LogP contribution in [-0.2, 0) is 0 Å². The van der Waals surface area contributed by atoms with Crippen LogP contribution in [0.3, 0.4) is 0 Å². The van der Waals surface area contributed by atoms with E-state index in [-0.39, 0.29) is 6.04 Å². The quantitative estimate of drug-likeness (QED) is 0.616. The van der Waals surface area contributed by atoms with Gasteiger partial charge in [-0.05, 0) is 55.1 Å². The van der Waals surface area contributed by atoms with Crippen LogP contribution in [-0.4, -0.2) is 7.05 Å². The number of rotatable bonds is 3. The SMILES string of the molecule is CNC(c1cc2cc(Cl)ccc2o1)c1cc(Cl)ccc1Br. The molecule has 3 aromatic rings. The number of hydrogen-bond acceptors (Lipinski definition) is 2. The molecule has 0 aliphatic heterocycles. The van der Waals surface area contributed by atoms with Crippen LogP contribution in [0.4, 0.5) is 0 Å². The molecule has 2 nitrogen and oxygen atoms in total. The van der Waals surface area contributed by atoms with Crippen LogP contribution in [0.2, 0.25) is 10.0 Å². The second-order valence-electron chi connectivity index (χ2n) is 4.72. The summed E-state index contributed by atoms with van der Waals surface area (Å²) in [5.41, 5.74) is 1.84. The van der Waals surface area contributed by atoms with Gasteiger partial charge in [-0.25, -0.2) is 0 Å². The molecule has 5 heteroatoms. The Bertz CT molecular complexity index is 800. The van der Waals surface area contributed by atoms with Crippen molar-refractivity contribution in [2.45, 2.75) is 6.04 Å². The molecule has 0 spiro atoms. The smallest absolute Gasteiger partial charge is 0.134 e. The van der Waals surface area contributed by atoms with E-state index in [1.54, 1.807) is 0 Å². The maximum absolute atomic E-state index is 6.11. The first kappa shape index (κ1) is 14.9. The van der Waals surface area contributed by atoms with Crippen LogP contribution in [0.15, 0.2) is 51.4 Å². The second-order valence-corrected chi connectivity index (χ2v) is 6.45. The van der Waals surface area contributed by atoms with Crippen LogP contribution in [0.5, 0.6) is 0 Å². The first-order valence-electron chi connectivity index (χ1n) is 6.39. The minimum Gasteiger partial charge on any atom is -0.459 e. The molecule has 1 aromatic heterocycles. The predicted molar refractivity (Wildman–Crippen MR) is 91.3 cm³/mol. The van der Waals surface area contributed by atoms with E-state index in [4.69, 9.17) is 27.6 Å². The minimum absolute atomic E-state index is 0.0933. The van der Waals surface area contributed by atoms with E-state index >= 15 is 0 Å². The van der Waals surface area contributed by atoms with E-state index in [9.17, 15) is 0 Å². The zero-order chi connectivity index (χ0) is 15.0. The minimum atomic E-state index is -0.0933. The Morgan fingerprint density at radius 1 is 1.05 bits per heavy atom. The van der Waals surface area contributed by atoms with Crippen molar-refractivity contribution in [2.24, 2.45) is 0 Å². The van der Waals surface area contributed by atoms with E-state index in [2.05, 4.69) is 21.2 Å². The van der Waals surface area contributed by atoms with E-state index in [1.807, 2.05) is 49.5 Å². The van der Waals surface area contributed by atoms with Gasteiger partial charge in [0.05, 0.1) is 6.04 Å². The van der Waals surface area contributed by atoms with Crippen LogP contribution in [0.1, 0.15) is 17.4 Å². The molecular formula is C16H12BrCl2NO. The Labute approximate surface area is 141 Å². The van der Waals surface area contributed by atoms with Gasteiger partial charge in [0.1, 0.15) is 11.3 Å². The molecule has 0 aliphatic rings. The average molecular weight is 385 g/mol. The van der Waals surface area contributed by atoms with Crippen molar-refractivity contribution in [1.29, 1.82) is 0 Å². The zero-order valence-electron chi connectivity index (χ0n) is 11.2. The lowest BCUT2D eigenvalue weighted by Gasteiger charge is -2.16. The van der Waals surface area contributed by atoms with Gasteiger partial charge >= 0.3 is 0 Å². The summed E-state index contributed by atoms with van der Waals surface area (Å²) in [6, 6.07) is 13.2. The fourth-order valence-electron chi connectivity index (χ4n) is 2.36. The van der Waals surface area contributed by atoms with E-state index in [0.717, 1.165) is 26.8 Å².